The molecule has 0 amide bonds. The van der Waals surface area contributed by atoms with Gasteiger partial charge in [0.25, 0.3) is 0 Å². The first-order chi connectivity index (χ1) is 32.2. The van der Waals surface area contributed by atoms with Crippen LogP contribution in [0.1, 0.15) is 336 Å². The van der Waals surface area contributed by atoms with Crippen LogP contribution in [0, 0.1) is 11.8 Å². The van der Waals surface area contributed by atoms with Gasteiger partial charge in [0.05, 0.1) is 0 Å². The lowest BCUT2D eigenvalue weighted by Gasteiger charge is -2.18. The number of carbonyl (C=O) groups excluding carboxylic acids is 3. The molecule has 0 fully saturated rings. The van der Waals surface area contributed by atoms with E-state index in [1.807, 2.05) is 0 Å². The molecular weight excluding hydrogens is 817 g/mol. The highest BCUT2D eigenvalue weighted by molar-refractivity contribution is 5.71. The fourth-order valence-corrected chi connectivity index (χ4v) is 9.23. The molecule has 0 N–H and O–H groups in total. The van der Waals surface area contributed by atoms with E-state index in [1.165, 1.54) is 225 Å². The van der Waals surface area contributed by atoms with Crippen LogP contribution in [0.15, 0.2) is 0 Å². The summed E-state index contributed by atoms with van der Waals surface area (Å²) in [6.45, 7) is 11.4. The molecule has 0 aliphatic rings. The lowest BCUT2D eigenvalue weighted by molar-refractivity contribution is -0.167. The van der Waals surface area contributed by atoms with Gasteiger partial charge in [-0.15, -0.1) is 0 Å². The standard InChI is InChI=1S/C60H116O6/c1-6-7-8-9-10-11-12-13-14-15-16-17-20-23-26-29-35-40-45-50-58(61)64-53-57(54-65-59(62)51-46-41-36-32-31-34-39-44-49-56(4)5)66-60(63)52-47-42-37-30-27-24-21-18-19-22-25-28-33-38-43-48-55(2)3/h55-57H,6-54H2,1-5H3/t57-/m1/s1. The van der Waals surface area contributed by atoms with Gasteiger partial charge in [0.2, 0.25) is 0 Å². The van der Waals surface area contributed by atoms with Crippen LogP contribution in [-0.4, -0.2) is 37.2 Å². The summed E-state index contributed by atoms with van der Waals surface area (Å²) in [4.78, 5) is 38.1. The van der Waals surface area contributed by atoms with E-state index in [4.69, 9.17) is 14.2 Å². The van der Waals surface area contributed by atoms with Crippen LogP contribution in [0.4, 0.5) is 0 Å². The molecule has 0 aliphatic heterocycles. The summed E-state index contributed by atoms with van der Waals surface area (Å²) in [6.07, 6.45) is 56.8. The van der Waals surface area contributed by atoms with Crippen LogP contribution in [0.5, 0.6) is 0 Å². The summed E-state index contributed by atoms with van der Waals surface area (Å²) in [6, 6.07) is 0. The molecule has 0 aromatic carbocycles. The normalized spacial score (nSPS) is 12.0. The summed E-state index contributed by atoms with van der Waals surface area (Å²) in [5.41, 5.74) is 0. The molecule has 0 saturated carbocycles. The quantitative estimate of drug-likeness (QED) is 0.0343. The van der Waals surface area contributed by atoms with Crippen molar-refractivity contribution >= 4 is 17.9 Å². The summed E-state index contributed by atoms with van der Waals surface area (Å²) in [7, 11) is 0. The lowest BCUT2D eigenvalue weighted by Crippen LogP contribution is -2.30. The van der Waals surface area contributed by atoms with Gasteiger partial charge in [-0.05, 0) is 31.1 Å². The summed E-state index contributed by atoms with van der Waals surface area (Å²) in [5, 5.41) is 0. The molecule has 0 spiro atoms. The van der Waals surface area contributed by atoms with Crippen molar-refractivity contribution in [3.63, 3.8) is 0 Å². The molecule has 0 bridgehead atoms. The van der Waals surface area contributed by atoms with Crippen molar-refractivity contribution in [3.05, 3.63) is 0 Å². The van der Waals surface area contributed by atoms with Gasteiger partial charge in [-0.1, -0.05) is 298 Å². The van der Waals surface area contributed by atoms with Crippen LogP contribution >= 0.6 is 0 Å². The highest BCUT2D eigenvalue weighted by Crippen LogP contribution is 2.18. The van der Waals surface area contributed by atoms with Crippen LogP contribution in [0.2, 0.25) is 0 Å². The van der Waals surface area contributed by atoms with Crippen molar-refractivity contribution in [2.24, 2.45) is 11.8 Å². The average molecular weight is 934 g/mol. The summed E-state index contributed by atoms with van der Waals surface area (Å²) >= 11 is 0. The highest BCUT2D eigenvalue weighted by Gasteiger charge is 2.19. The molecule has 392 valence electrons. The third-order valence-corrected chi connectivity index (χ3v) is 13.7. The van der Waals surface area contributed by atoms with Crippen LogP contribution in [-0.2, 0) is 28.6 Å². The van der Waals surface area contributed by atoms with Gasteiger partial charge in [-0.3, -0.25) is 14.4 Å². The Hall–Kier alpha value is -1.59. The monoisotopic (exact) mass is 933 g/mol. The van der Waals surface area contributed by atoms with E-state index in [0.717, 1.165) is 69.6 Å². The smallest absolute Gasteiger partial charge is 0.306 e. The van der Waals surface area contributed by atoms with Gasteiger partial charge >= 0.3 is 17.9 Å². The maximum absolute atomic E-state index is 12.9. The molecule has 0 radical (unpaired) electrons. The van der Waals surface area contributed by atoms with E-state index >= 15 is 0 Å². The Morgan fingerprint density at radius 3 is 0.742 bits per heavy atom. The molecular formula is C60H116O6. The van der Waals surface area contributed by atoms with Gasteiger partial charge < -0.3 is 14.2 Å². The number of ether oxygens (including phenoxy) is 3. The summed E-state index contributed by atoms with van der Waals surface area (Å²) < 4.78 is 16.9. The number of unbranched alkanes of at least 4 members (excludes halogenated alkanes) is 39. The maximum atomic E-state index is 12.9. The number of carbonyl (C=O) groups is 3. The highest BCUT2D eigenvalue weighted by atomic mass is 16.6. The van der Waals surface area contributed by atoms with Crippen molar-refractivity contribution in [1.82, 2.24) is 0 Å². The van der Waals surface area contributed by atoms with Gasteiger partial charge in [0, 0.05) is 19.3 Å². The largest absolute Gasteiger partial charge is 0.462 e. The predicted molar refractivity (Wildman–Crippen MR) is 284 cm³/mol. The number of hydrogen-bond acceptors (Lipinski definition) is 6. The van der Waals surface area contributed by atoms with E-state index in [0.29, 0.717) is 19.3 Å². The SMILES string of the molecule is CCCCCCCCCCCCCCCCCCCCCC(=O)OC[C@H](COC(=O)CCCCCCCCCCC(C)C)OC(=O)CCCCCCCCCCCCCCCCCC(C)C. The van der Waals surface area contributed by atoms with E-state index < -0.39 is 6.10 Å². The molecule has 0 aliphatic carbocycles. The third-order valence-electron chi connectivity index (χ3n) is 13.7. The Bertz CT molecular complexity index is 1010. The van der Waals surface area contributed by atoms with Crippen molar-refractivity contribution in [2.75, 3.05) is 13.2 Å². The Morgan fingerprint density at radius 1 is 0.288 bits per heavy atom. The van der Waals surface area contributed by atoms with Gasteiger partial charge in [-0.25, -0.2) is 0 Å². The van der Waals surface area contributed by atoms with E-state index in [9.17, 15) is 14.4 Å². The lowest BCUT2D eigenvalue weighted by atomic mass is 10.0. The van der Waals surface area contributed by atoms with Crippen molar-refractivity contribution in [2.45, 2.75) is 343 Å². The van der Waals surface area contributed by atoms with Crippen molar-refractivity contribution in [1.29, 1.82) is 0 Å². The molecule has 6 heteroatoms. The zero-order valence-electron chi connectivity index (χ0n) is 45.3. The van der Waals surface area contributed by atoms with Crippen molar-refractivity contribution in [3.8, 4) is 0 Å². The molecule has 0 aromatic rings. The van der Waals surface area contributed by atoms with Crippen LogP contribution in [0.25, 0.3) is 0 Å². The first-order valence-corrected chi connectivity index (χ1v) is 29.7. The minimum Gasteiger partial charge on any atom is -0.462 e. The molecule has 1 atom stereocenters. The zero-order valence-corrected chi connectivity index (χ0v) is 45.3. The molecule has 0 saturated heterocycles. The maximum Gasteiger partial charge on any atom is 0.306 e. The Morgan fingerprint density at radius 2 is 0.500 bits per heavy atom. The first kappa shape index (κ1) is 64.4. The topological polar surface area (TPSA) is 78.9 Å². The van der Waals surface area contributed by atoms with Gasteiger partial charge in [-0.2, -0.15) is 0 Å². The van der Waals surface area contributed by atoms with Crippen molar-refractivity contribution < 1.29 is 28.6 Å². The molecule has 0 aromatic heterocycles. The Labute approximate surface area is 412 Å². The fourth-order valence-electron chi connectivity index (χ4n) is 9.23. The molecule has 66 heavy (non-hydrogen) atoms. The minimum atomic E-state index is -0.763. The zero-order chi connectivity index (χ0) is 48.2. The molecule has 0 heterocycles. The molecule has 0 unspecified atom stereocenters. The molecule has 0 rings (SSSR count). The third kappa shape index (κ3) is 53.4. The average Bonchev–Trinajstić information content (AvgIpc) is 3.29. The van der Waals surface area contributed by atoms with Gasteiger partial charge in [0.15, 0.2) is 6.10 Å². The second kappa shape index (κ2) is 52.8. The van der Waals surface area contributed by atoms with E-state index in [2.05, 4.69) is 34.6 Å². The number of esters is 3. The van der Waals surface area contributed by atoms with Crippen LogP contribution in [0.3, 0.4) is 0 Å². The second-order valence-corrected chi connectivity index (χ2v) is 21.6. The number of rotatable bonds is 54. The Balaban J connectivity index is 4.24. The van der Waals surface area contributed by atoms with Crippen LogP contribution < -0.4 is 0 Å². The predicted octanol–water partition coefficient (Wildman–Crippen LogP) is 19.7. The minimum absolute atomic E-state index is 0.0629. The molecule has 6 nitrogen and oxygen atoms in total. The second-order valence-electron chi connectivity index (χ2n) is 21.6. The van der Waals surface area contributed by atoms with E-state index in [-0.39, 0.29) is 31.1 Å². The first-order valence-electron chi connectivity index (χ1n) is 29.7. The van der Waals surface area contributed by atoms with E-state index in [1.54, 1.807) is 0 Å². The fraction of sp³-hybridized carbons (Fsp3) is 0.950. The Kier molecular flexibility index (Phi) is 51.5. The van der Waals surface area contributed by atoms with Gasteiger partial charge in [0.1, 0.15) is 13.2 Å². The number of hydrogen-bond donors (Lipinski definition) is 0. The summed E-state index contributed by atoms with van der Waals surface area (Å²) in [5.74, 6) is 0.804.